The molecule has 0 saturated carbocycles. The summed E-state index contributed by atoms with van der Waals surface area (Å²) < 4.78 is 1.10. The van der Waals surface area contributed by atoms with Gasteiger partial charge in [0.15, 0.2) is 5.65 Å². The van der Waals surface area contributed by atoms with Crippen molar-refractivity contribution in [2.75, 3.05) is 18.0 Å². The molecule has 0 aliphatic carbocycles. The summed E-state index contributed by atoms with van der Waals surface area (Å²) in [7, 11) is 0. The Kier molecular flexibility index (Phi) is 3.55. The van der Waals surface area contributed by atoms with Crippen LogP contribution in [0.3, 0.4) is 0 Å². The number of fused-ring (bicyclic) bond motifs is 1. The number of hydrogen-bond acceptors (Lipinski definition) is 3. The maximum absolute atomic E-state index is 4.78. The lowest BCUT2D eigenvalue weighted by atomic mass is 9.93. The molecule has 1 aromatic carbocycles. The minimum Gasteiger partial charge on any atom is -0.371 e. The number of halogens is 1. The molecule has 0 amide bonds. The van der Waals surface area contributed by atoms with Crippen molar-refractivity contribution in [2.24, 2.45) is 5.41 Å². The van der Waals surface area contributed by atoms with Crippen molar-refractivity contribution in [1.29, 1.82) is 0 Å². The van der Waals surface area contributed by atoms with E-state index in [1.54, 1.807) is 0 Å². The number of H-pyrrole nitrogens is 1. The monoisotopic (exact) mass is 418 g/mol. The van der Waals surface area contributed by atoms with E-state index in [2.05, 4.69) is 75.6 Å². The second-order valence-corrected chi connectivity index (χ2v) is 8.14. The third kappa shape index (κ3) is 2.82. The van der Waals surface area contributed by atoms with Gasteiger partial charge in [0.25, 0.3) is 0 Å². The van der Waals surface area contributed by atoms with Crippen molar-refractivity contribution >= 4 is 39.4 Å². The number of hydrogen-bond donors (Lipinski definition) is 1. The average molecular weight is 418 g/mol. The Morgan fingerprint density at radius 1 is 1.30 bits per heavy atom. The molecule has 1 fully saturated rings. The molecule has 23 heavy (non-hydrogen) atoms. The molecule has 0 radical (unpaired) electrons. The molecule has 1 aliphatic heterocycles. The molecule has 118 valence electrons. The lowest BCUT2D eigenvalue weighted by molar-refractivity contribution is 0.418. The van der Waals surface area contributed by atoms with Crippen LogP contribution in [0.2, 0.25) is 0 Å². The predicted molar refractivity (Wildman–Crippen MR) is 103 cm³/mol. The van der Waals surface area contributed by atoms with E-state index in [0.29, 0.717) is 5.41 Å². The number of nitrogens with zero attached hydrogens (tertiary/aromatic N) is 3. The highest BCUT2D eigenvalue weighted by atomic mass is 127. The van der Waals surface area contributed by atoms with Gasteiger partial charge in [-0.25, -0.2) is 9.97 Å². The van der Waals surface area contributed by atoms with Crippen LogP contribution in [0, 0.1) is 8.99 Å². The van der Waals surface area contributed by atoms with E-state index in [1.165, 1.54) is 12.1 Å². The van der Waals surface area contributed by atoms with Crippen molar-refractivity contribution in [1.82, 2.24) is 15.0 Å². The molecule has 4 rings (SSSR count). The first-order valence-electron chi connectivity index (χ1n) is 7.87. The average Bonchev–Trinajstić information content (AvgIpc) is 3.10. The highest BCUT2D eigenvalue weighted by molar-refractivity contribution is 14.1. The summed E-state index contributed by atoms with van der Waals surface area (Å²) in [4.78, 5) is 14.9. The van der Waals surface area contributed by atoms with Crippen molar-refractivity contribution in [3.8, 4) is 11.3 Å². The minimum atomic E-state index is 0.399. The van der Waals surface area contributed by atoms with Crippen LogP contribution in [0.15, 0.2) is 36.7 Å². The van der Waals surface area contributed by atoms with Crippen molar-refractivity contribution in [3.05, 3.63) is 40.2 Å². The largest absolute Gasteiger partial charge is 0.371 e. The SMILES string of the molecule is CC1(C)CCN(c2cccc(-c3cnc4[nH]cc(I)c4n3)c2)C1. The maximum atomic E-state index is 4.78. The molecule has 1 aliphatic rings. The number of anilines is 1. The fourth-order valence-electron chi connectivity index (χ4n) is 3.20. The Morgan fingerprint density at radius 3 is 2.96 bits per heavy atom. The topological polar surface area (TPSA) is 44.8 Å². The van der Waals surface area contributed by atoms with E-state index in [-0.39, 0.29) is 0 Å². The molecule has 1 N–H and O–H groups in total. The van der Waals surface area contributed by atoms with Gasteiger partial charge in [-0.05, 0) is 46.6 Å². The Labute approximate surface area is 149 Å². The molecular formula is C18H19IN4. The number of aromatic amines is 1. The Balaban J connectivity index is 1.71. The van der Waals surface area contributed by atoms with Gasteiger partial charge in [0.05, 0.1) is 15.5 Å². The Morgan fingerprint density at radius 2 is 2.17 bits per heavy atom. The van der Waals surface area contributed by atoms with E-state index in [9.17, 15) is 0 Å². The van der Waals surface area contributed by atoms with Crippen LogP contribution >= 0.6 is 22.6 Å². The van der Waals surface area contributed by atoms with Crippen LogP contribution < -0.4 is 4.90 Å². The molecule has 3 heterocycles. The molecule has 4 nitrogen and oxygen atoms in total. The maximum Gasteiger partial charge on any atom is 0.157 e. The molecule has 0 spiro atoms. The van der Waals surface area contributed by atoms with Gasteiger partial charge in [0.1, 0.15) is 5.52 Å². The van der Waals surface area contributed by atoms with Gasteiger partial charge in [0.2, 0.25) is 0 Å². The zero-order valence-corrected chi connectivity index (χ0v) is 15.5. The van der Waals surface area contributed by atoms with Crippen LogP contribution in [0.5, 0.6) is 0 Å². The van der Waals surface area contributed by atoms with Crippen molar-refractivity contribution < 1.29 is 0 Å². The van der Waals surface area contributed by atoms with E-state index in [1.807, 2.05) is 12.4 Å². The molecule has 0 atom stereocenters. The quantitative estimate of drug-likeness (QED) is 0.625. The molecule has 3 aromatic rings. The lowest BCUT2D eigenvalue weighted by Gasteiger charge is -2.22. The zero-order chi connectivity index (χ0) is 16.0. The molecule has 2 aromatic heterocycles. The number of benzene rings is 1. The van der Waals surface area contributed by atoms with Crippen LogP contribution in [-0.2, 0) is 0 Å². The minimum absolute atomic E-state index is 0.399. The van der Waals surface area contributed by atoms with E-state index < -0.39 is 0 Å². The van der Waals surface area contributed by atoms with Gasteiger partial charge in [-0.2, -0.15) is 0 Å². The molecule has 1 saturated heterocycles. The highest BCUT2D eigenvalue weighted by Gasteiger charge is 2.29. The first kappa shape index (κ1) is 14.9. The van der Waals surface area contributed by atoms with Gasteiger partial charge in [-0.3, -0.25) is 0 Å². The second-order valence-electron chi connectivity index (χ2n) is 6.98. The summed E-state index contributed by atoms with van der Waals surface area (Å²) in [5.74, 6) is 0. The van der Waals surface area contributed by atoms with Crippen molar-refractivity contribution in [3.63, 3.8) is 0 Å². The Bertz CT molecular complexity index is 868. The summed E-state index contributed by atoms with van der Waals surface area (Å²) in [6.07, 6.45) is 5.03. The lowest BCUT2D eigenvalue weighted by Crippen LogP contribution is -2.22. The summed E-state index contributed by atoms with van der Waals surface area (Å²) in [5, 5.41) is 0. The summed E-state index contributed by atoms with van der Waals surface area (Å²) in [5.41, 5.74) is 5.51. The van der Waals surface area contributed by atoms with E-state index in [4.69, 9.17) is 4.98 Å². The normalized spacial score (nSPS) is 17.1. The first-order chi connectivity index (χ1) is 11.0. The summed E-state index contributed by atoms with van der Waals surface area (Å²) in [6, 6.07) is 8.65. The van der Waals surface area contributed by atoms with Crippen LogP contribution in [0.4, 0.5) is 5.69 Å². The first-order valence-corrected chi connectivity index (χ1v) is 8.95. The molecule has 5 heteroatoms. The predicted octanol–water partition coefficient (Wildman–Crippen LogP) is 4.47. The number of aromatic nitrogens is 3. The fourth-order valence-corrected chi connectivity index (χ4v) is 3.73. The van der Waals surface area contributed by atoms with Gasteiger partial charge < -0.3 is 9.88 Å². The van der Waals surface area contributed by atoms with E-state index >= 15 is 0 Å². The molecule has 0 bridgehead atoms. The standard InChI is InChI=1S/C18H19IN4/c1-18(2)6-7-23(11-18)13-5-3-4-12(8-13)15-10-21-17-16(22-15)14(19)9-20-17/h3-5,8-10H,6-7,11H2,1-2H3,(H,20,21). The smallest absolute Gasteiger partial charge is 0.157 e. The van der Waals surface area contributed by atoms with Gasteiger partial charge in [-0.15, -0.1) is 0 Å². The number of nitrogens with one attached hydrogen (secondary N) is 1. The van der Waals surface area contributed by atoms with Gasteiger partial charge >= 0.3 is 0 Å². The third-order valence-electron chi connectivity index (χ3n) is 4.52. The summed E-state index contributed by atoms with van der Waals surface area (Å²) in [6.45, 7) is 6.90. The van der Waals surface area contributed by atoms with Crippen LogP contribution in [0.25, 0.3) is 22.4 Å². The molecule has 0 unspecified atom stereocenters. The van der Waals surface area contributed by atoms with Crippen molar-refractivity contribution in [2.45, 2.75) is 20.3 Å². The third-order valence-corrected chi connectivity index (χ3v) is 5.34. The fraction of sp³-hybridized carbons (Fsp3) is 0.333. The van der Waals surface area contributed by atoms with Crippen LogP contribution in [-0.4, -0.2) is 28.0 Å². The molecular weight excluding hydrogens is 399 g/mol. The Hall–Kier alpha value is -1.63. The van der Waals surface area contributed by atoms with Crippen LogP contribution in [0.1, 0.15) is 20.3 Å². The summed E-state index contributed by atoms with van der Waals surface area (Å²) >= 11 is 2.29. The van der Waals surface area contributed by atoms with E-state index in [0.717, 1.165) is 39.1 Å². The zero-order valence-electron chi connectivity index (χ0n) is 13.3. The van der Waals surface area contributed by atoms with Gasteiger partial charge in [0, 0.05) is 30.5 Å². The highest BCUT2D eigenvalue weighted by Crippen LogP contribution is 2.34. The van der Waals surface area contributed by atoms with Gasteiger partial charge in [-0.1, -0.05) is 26.0 Å². The number of rotatable bonds is 2. The second kappa shape index (κ2) is 5.47.